The number of aromatic hydroxyl groups is 1. The van der Waals surface area contributed by atoms with E-state index in [2.05, 4.69) is 34.9 Å². The third-order valence-corrected chi connectivity index (χ3v) is 5.41. The summed E-state index contributed by atoms with van der Waals surface area (Å²) in [6.45, 7) is 1.98. The summed E-state index contributed by atoms with van der Waals surface area (Å²) in [7, 11) is 0. The van der Waals surface area contributed by atoms with Crippen LogP contribution in [0.15, 0.2) is 72.8 Å². The van der Waals surface area contributed by atoms with E-state index in [0.717, 1.165) is 43.4 Å². The van der Waals surface area contributed by atoms with Crippen LogP contribution in [0.5, 0.6) is 5.75 Å². The maximum absolute atomic E-state index is 12.7. The molecule has 0 radical (unpaired) electrons. The highest BCUT2D eigenvalue weighted by Gasteiger charge is 2.11. The molecule has 0 saturated carbocycles. The van der Waals surface area contributed by atoms with E-state index >= 15 is 0 Å². The Bertz CT molecular complexity index is 959. The zero-order valence-corrected chi connectivity index (χ0v) is 18.4. The number of rotatable bonds is 11. The summed E-state index contributed by atoms with van der Waals surface area (Å²) in [4.78, 5) is 12.7. The normalized spacial score (nSPS) is 10.7. The lowest BCUT2D eigenvalue weighted by atomic mass is 10.1. The molecule has 3 aromatic carbocycles. The van der Waals surface area contributed by atoms with E-state index in [4.69, 9.17) is 11.6 Å². The first-order valence-electron chi connectivity index (χ1n) is 10.7. The highest BCUT2D eigenvalue weighted by molar-refractivity contribution is 6.30. The van der Waals surface area contributed by atoms with Crippen molar-refractivity contribution in [2.45, 2.75) is 32.2 Å². The van der Waals surface area contributed by atoms with E-state index in [-0.39, 0.29) is 11.7 Å². The lowest BCUT2D eigenvalue weighted by Gasteiger charge is -2.12. The maximum atomic E-state index is 12.7. The van der Waals surface area contributed by atoms with Crippen LogP contribution in [0.3, 0.4) is 0 Å². The van der Waals surface area contributed by atoms with Gasteiger partial charge >= 0.3 is 0 Å². The van der Waals surface area contributed by atoms with Crippen LogP contribution >= 0.6 is 11.6 Å². The topological polar surface area (TPSA) is 61.4 Å². The van der Waals surface area contributed by atoms with Gasteiger partial charge in [-0.05, 0) is 79.3 Å². The minimum atomic E-state index is -0.0632. The van der Waals surface area contributed by atoms with Crippen LogP contribution in [-0.4, -0.2) is 24.1 Å². The van der Waals surface area contributed by atoms with Crippen molar-refractivity contribution < 1.29 is 9.90 Å². The van der Waals surface area contributed by atoms with Crippen molar-refractivity contribution >= 4 is 17.5 Å². The molecule has 0 aliphatic rings. The van der Waals surface area contributed by atoms with E-state index in [1.165, 1.54) is 5.56 Å². The first kappa shape index (κ1) is 22.9. The summed E-state index contributed by atoms with van der Waals surface area (Å²) in [5, 5.41) is 16.4. The Morgan fingerprint density at radius 3 is 2.35 bits per heavy atom. The first-order chi connectivity index (χ1) is 15.1. The fraction of sp³-hybridized carbons (Fsp3) is 0.269. The van der Waals surface area contributed by atoms with Crippen LogP contribution in [-0.2, 0) is 19.4 Å². The smallest absolute Gasteiger partial charge is 0.251 e. The quantitative estimate of drug-likeness (QED) is 0.365. The number of hydrogen-bond acceptors (Lipinski definition) is 3. The van der Waals surface area contributed by atoms with Crippen LogP contribution < -0.4 is 10.6 Å². The summed E-state index contributed by atoms with van der Waals surface area (Å²) in [5.41, 5.74) is 4.02. The third-order valence-electron chi connectivity index (χ3n) is 5.17. The number of phenolic OH excluding ortho intramolecular Hbond substituents is 1. The number of hydrogen-bond donors (Lipinski definition) is 3. The van der Waals surface area contributed by atoms with Gasteiger partial charge in [0.2, 0.25) is 0 Å². The molecule has 0 saturated heterocycles. The Morgan fingerprint density at radius 1 is 0.839 bits per heavy atom. The summed E-state index contributed by atoms with van der Waals surface area (Å²) in [6, 6.07) is 23.0. The number of carbonyl (C=O) groups excluding carboxylic acids is 1. The highest BCUT2D eigenvalue weighted by atomic mass is 35.5. The molecule has 31 heavy (non-hydrogen) atoms. The molecule has 0 aromatic heterocycles. The average molecular weight is 437 g/mol. The molecule has 0 aliphatic heterocycles. The molecule has 162 valence electrons. The van der Waals surface area contributed by atoms with Crippen LogP contribution in [0.2, 0.25) is 5.02 Å². The second-order valence-corrected chi connectivity index (χ2v) is 8.03. The maximum Gasteiger partial charge on any atom is 0.251 e. The van der Waals surface area contributed by atoms with Gasteiger partial charge in [-0.15, -0.1) is 0 Å². The van der Waals surface area contributed by atoms with Gasteiger partial charge in [-0.1, -0.05) is 54.1 Å². The van der Waals surface area contributed by atoms with Crippen molar-refractivity contribution in [2.24, 2.45) is 0 Å². The van der Waals surface area contributed by atoms with Crippen molar-refractivity contribution in [3.05, 3.63) is 100 Å². The van der Waals surface area contributed by atoms with Gasteiger partial charge in [-0.2, -0.15) is 0 Å². The highest BCUT2D eigenvalue weighted by Crippen LogP contribution is 2.17. The minimum Gasteiger partial charge on any atom is -0.508 e. The van der Waals surface area contributed by atoms with Gasteiger partial charge in [0.1, 0.15) is 5.75 Å². The molecular weight excluding hydrogens is 408 g/mol. The van der Waals surface area contributed by atoms with Gasteiger partial charge in [0.05, 0.1) is 0 Å². The van der Waals surface area contributed by atoms with E-state index in [1.54, 1.807) is 24.3 Å². The van der Waals surface area contributed by atoms with Gasteiger partial charge < -0.3 is 15.7 Å². The van der Waals surface area contributed by atoms with Crippen molar-refractivity contribution in [2.75, 3.05) is 13.1 Å². The molecule has 0 spiro atoms. The monoisotopic (exact) mass is 436 g/mol. The SMILES string of the molecule is O=C(NCCCCc1ccccc1)c1ccc(Cl)cc1CNCCc1ccc(O)cc1. The van der Waals surface area contributed by atoms with Gasteiger partial charge in [-0.3, -0.25) is 4.79 Å². The van der Waals surface area contributed by atoms with Crippen molar-refractivity contribution in [3.63, 3.8) is 0 Å². The second-order valence-electron chi connectivity index (χ2n) is 7.59. The Hall–Kier alpha value is -2.82. The number of unbranched alkanes of at least 4 members (excludes halogenated alkanes) is 1. The molecule has 0 unspecified atom stereocenters. The molecule has 4 nitrogen and oxygen atoms in total. The number of aryl methyl sites for hydroxylation is 1. The number of carbonyl (C=O) groups is 1. The molecule has 1 amide bonds. The van der Waals surface area contributed by atoms with Crippen molar-refractivity contribution in [1.29, 1.82) is 0 Å². The Kier molecular flexibility index (Phi) is 8.95. The lowest BCUT2D eigenvalue weighted by Crippen LogP contribution is -2.27. The zero-order chi connectivity index (χ0) is 21.9. The molecule has 0 heterocycles. The van der Waals surface area contributed by atoms with Gasteiger partial charge in [0, 0.05) is 23.7 Å². The van der Waals surface area contributed by atoms with Crippen LogP contribution in [0.1, 0.15) is 39.9 Å². The Balaban J connectivity index is 1.44. The second kappa shape index (κ2) is 12.1. The van der Waals surface area contributed by atoms with Gasteiger partial charge in [0.25, 0.3) is 5.91 Å². The number of phenols is 1. The zero-order valence-electron chi connectivity index (χ0n) is 17.6. The molecule has 3 N–H and O–H groups in total. The Labute approximate surface area is 189 Å². The van der Waals surface area contributed by atoms with Crippen molar-refractivity contribution in [3.8, 4) is 5.75 Å². The standard InChI is InChI=1S/C26H29ClN2O2/c27-23-11-14-25(26(31)29-16-5-4-8-20-6-2-1-3-7-20)22(18-23)19-28-17-15-21-9-12-24(30)13-10-21/h1-3,6-7,9-14,18,28,30H,4-5,8,15-17,19H2,(H,29,31). The summed E-state index contributed by atoms with van der Waals surface area (Å²) in [5.74, 6) is 0.207. The van der Waals surface area contributed by atoms with E-state index in [9.17, 15) is 9.90 Å². The molecule has 5 heteroatoms. The van der Waals surface area contributed by atoms with E-state index < -0.39 is 0 Å². The fourth-order valence-electron chi connectivity index (χ4n) is 3.44. The Morgan fingerprint density at radius 2 is 1.58 bits per heavy atom. The van der Waals surface area contributed by atoms with Gasteiger partial charge in [0.15, 0.2) is 0 Å². The molecule has 3 rings (SSSR count). The lowest BCUT2D eigenvalue weighted by molar-refractivity contribution is 0.0952. The molecule has 0 atom stereocenters. The fourth-order valence-corrected chi connectivity index (χ4v) is 3.64. The van der Waals surface area contributed by atoms with E-state index in [0.29, 0.717) is 23.7 Å². The molecular formula is C26H29ClN2O2. The predicted molar refractivity (Wildman–Crippen MR) is 127 cm³/mol. The number of benzene rings is 3. The van der Waals surface area contributed by atoms with E-state index in [1.807, 2.05) is 24.3 Å². The number of halogens is 1. The predicted octanol–water partition coefficient (Wildman–Crippen LogP) is 5.13. The molecule has 0 fully saturated rings. The number of nitrogens with one attached hydrogen (secondary N) is 2. The van der Waals surface area contributed by atoms with Gasteiger partial charge in [-0.25, -0.2) is 0 Å². The number of amides is 1. The molecule has 0 aliphatic carbocycles. The van der Waals surface area contributed by atoms with Crippen molar-refractivity contribution in [1.82, 2.24) is 10.6 Å². The molecule has 3 aromatic rings. The summed E-state index contributed by atoms with van der Waals surface area (Å²) in [6.07, 6.45) is 3.84. The minimum absolute atomic E-state index is 0.0632. The third kappa shape index (κ3) is 7.74. The largest absolute Gasteiger partial charge is 0.508 e. The summed E-state index contributed by atoms with van der Waals surface area (Å²) >= 11 is 6.17. The first-order valence-corrected chi connectivity index (χ1v) is 11.1. The summed E-state index contributed by atoms with van der Waals surface area (Å²) < 4.78 is 0. The van der Waals surface area contributed by atoms with Crippen LogP contribution in [0.4, 0.5) is 0 Å². The van der Waals surface area contributed by atoms with Crippen LogP contribution in [0.25, 0.3) is 0 Å². The average Bonchev–Trinajstić information content (AvgIpc) is 2.78. The van der Waals surface area contributed by atoms with Crippen LogP contribution in [0, 0.1) is 0 Å². The molecule has 0 bridgehead atoms.